The van der Waals surface area contributed by atoms with Crippen molar-refractivity contribution in [1.82, 2.24) is 19.7 Å². The Labute approximate surface area is 154 Å². The molecule has 0 aromatic carbocycles. The summed E-state index contributed by atoms with van der Waals surface area (Å²) in [6.45, 7) is 2.14. The van der Waals surface area contributed by atoms with Gasteiger partial charge >= 0.3 is 6.03 Å². The topological polar surface area (TPSA) is 74.7 Å². The molecule has 1 aliphatic carbocycles. The van der Waals surface area contributed by atoms with Crippen molar-refractivity contribution < 1.29 is 9.59 Å². The third kappa shape index (κ3) is 4.26. The maximum Gasteiger partial charge on any atom is 0.317 e. The minimum Gasteiger partial charge on any atom is -0.337 e. The fraction of sp³-hybridized carbons (Fsp3) is 0.632. The van der Waals surface area contributed by atoms with E-state index in [2.05, 4.69) is 5.32 Å². The molecule has 0 spiro atoms. The minimum atomic E-state index is -0.284. The van der Waals surface area contributed by atoms with Crippen molar-refractivity contribution in [2.45, 2.75) is 44.6 Å². The zero-order chi connectivity index (χ0) is 18.5. The van der Waals surface area contributed by atoms with Gasteiger partial charge in [-0.2, -0.15) is 0 Å². The van der Waals surface area contributed by atoms with Crippen LogP contribution in [0.25, 0.3) is 0 Å². The van der Waals surface area contributed by atoms with Crippen molar-refractivity contribution in [3.05, 3.63) is 34.2 Å². The van der Waals surface area contributed by atoms with E-state index in [-0.39, 0.29) is 29.1 Å². The number of hydrogen-bond acceptors (Lipinski definition) is 3. The fourth-order valence-electron chi connectivity index (χ4n) is 3.77. The zero-order valence-corrected chi connectivity index (χ0v) is 15.4. The van der Waals surface area contributed by atoms with Crippen LogP contribution in [-0.4, -0.2) is 58.5 Å². The van der Waals surface area contributed by atoms with Crippen LogP contribution in [0, 0.1) is 0 Å². The number of rotatable bonds is 2. The number of carbonyl (C=O) groups excluding carboxylic acids is 2. The highest BCUT2D eigenvalue weighted by Crippen LogP contribution is 2.18. The number of aryl methyl sites for hydroxylation is 1. The molecule has 7 heteroatoms. The van der Waals surface area contributed by atoms with Gasteiger partial charge in [-0.3, -0.25) is 9.59 Å². The molecule has 142 valence electrons. The smallest absolute Gasteiger partial charge is 0.317 e. The van der Waals surface area contributed by atoms with Crippen LogP contribution in [-0.2, 0) is 7.05 Å². The lowest BCUT2D eigenvalue weighted by Crippen LogP contribution is -2.47. The third-order valence-corrected chi connectivity index (χ3v) is 5.36. The van der Waals surface area contributed by atoms with Crippen molar-refractivity contribution in [3.8, 4) is 0 Å². The Balaban J connectivity index is 1.59. The lowest BCUT2D eigenvalue weighted by atomic mass is 9.96. The predicted molar refractivity (Wildman–Crippen MR) is 99.2 cm³/mol. The molecule has 2 aliphatic rings. The summed E-state index contributed by atoms with van der Waals surface area (Å²) in [7, 11) is 1.64. The Bertz CT molecular complexity index is 709. The summed E-state index contributed by atoms with van der Waals surface area (Å²) in [4.78, 5) is 40.9. The first-order valence-electron chi connectivity index (χ1n) is 9.56. The molecular formula is C19H28N4O3. The number of carbonyl (C=O) groups is 2. The Morgan fingerprint density at radius 1 is 1.00 bits per heavy atom. The van der Waals surface area contributed by atoms with Gasteiger partial charge in [0.25, 0.3) is 11.5 Å². The maximum absolute atomic E-state index is 12.7. The second kappa shape index (κ2) is 8.38. The van der Waals surface area contributed by atoms with E-state index in [0.29, 0.717) is 26.2 Å². The average Bonchev–Trinajstić information content (AvgIpc) is 2.90. The molecule has 1 saturated carbocycles. The summed E-state index contributed by atoms with van der Waals surface area (Å²) in [5.41, 5.74) is -0.0937. The molecule has 1 aliphatic heterocycles. The quantitative estimate of drug-likeness (QED) is 0.870. The second-order valence-electron chi connectivity index (χ2n) is 7.26. The standard InChI is InChI=1S/C19H28N4O3/c1-21-10-5-9-16(17(21)24)18(25)22-11-6-12-23(14-13-22)19(26)20-15-7-3-2-4-8-15/h5,9-10,15H,2-4,6-8,11-14H2,1H3,(H,20,26). The monoisotopic (exact) mass is 360 g/mol. The second-order valence-corrected chi connectivity index (χ2v) is 7.26. The largest absolute Gasteiger partial charge is 0.337 e. The van der Waals surface area contributed by atoms with E-state index >= 15 is 0 Å². The van der Waals surface area contributed by atoms with Crippen molar-refractivity contribution in [3.63, 3.8) is 0 Å². The molecule has 7 nitrogen and oxygen atoms in total. The lowest BCUT2D eigenvalue weighted by molar-refractivity contribution is 0.0759. The number of hydrogen-bond donors (Lipinski definition) is 1. The van der Waals surface area contributed by atoms with Gasteiger partial charge < -0.3 is 19.7 Å². The maximum atomic E-state index is 12.7. The first-order valence-corrected chi connectivity index (χ1v) is 9.56. The van der Waals surface area contributed by atoms with E-state index in [9.17, 15) is 14.4 Å². The van der Waals surface area contributed by atoms with Gasteiger partial charge in [0.05, 0.1) is 0 Å². The van der Waals surface area contributed by atoms with Crippen LogP contribution in [0.2, 0.25) is 0 Å². The Morgan fingerprint density at radius 2 is 1.69 bits per heavy atom. The molecule has 0 bridgehead atoms. The van der Waals surface area contributed by atoms with Gasteiger partial charge in [0.1, 0.15) is 5.56 Å². The van der Waals surface area contributed by atoms with Crippen LogP contribution in [0.4, 0.5) is 4.79 Å². The molecule has 26 heavy (non-hydrogen) atoms. The molecule has 1 N–H and O–H groups in total. The van der Waals surface area contributed by atoms with E-state index in [0.717, 1.165) is 19.3 Å². The van der Waals surface area contributed by atoms with Crippen LogP contribution >= 0.6 is 0 Å². The van der Waals surface area contributed by atoms with Gasteiger partial charge in [0.2, 0.25) is 0 Å². The number of nitrogens with one attached hydrogen (secondary N) is 1. The Morgan fingerprint density at radius 3 is 2.46 bits per heavy atom. The summed E-state index contributed by atoms with van der Waals surface area (Å²) in [6.07, 6.45) is 8.09. The Kier molecular flexibility index (Phi) is 5.96. The number of amides is 3. The van der Waals surface area contributed by atoms with E-state index < -0.39 is 0 Å². The van der Waals surface area contributed by atoms with Crippen LogP contribution in [0.5, 0.6) is 0 Å². The number of nitrogens with zero attached hydrogens (tertiary/aromatic N) is 3. The third-order valence-electron chi connectivity index (χ3n) is 5.36. The first-order chi connectivity index (χ1) is 12.6. The molecule has 1 saturated heterocycles. The van der Waals surface area contributed by atoms with E-state index in [1.807, 2.05) is 0 Å². The molecule has 0 radical (unpaired) electrons. The van der Waals surface area contributed by atoms with Crippen molar-refractivity contribution >= 4 is 11.9 Å². The molecule has 3 rings (SSSR count). The van der Waals surface area contributed by atoms with Crippen LogP contribution in [0.3, 0.4) is 0 Å². The van der Waals surface area contributed by atoms with Crippen LogP contribution in [0.15, 0.2) is 23.1 Å². The van der Waals surface area contributed by atoms with Crippen molar-refractivity contribution in [1.29, 1.82) is 0 Å². The number of urea groups is 1. The zero-order valence-electron chi connectivity index (χ0n) is 15.4. The summed E-state index contributed by atoms with van der Waals surface area (Å²) < 4.78 is 1.41. The van der Waals surface area contributed by atoms with Crippen molar-refractivity contribution in [2.24, 2.45) is 7.05 Å². The van der Waals surface area contributed by atoms with Crippen LogP contribution in [0.1, 0.15) is 48.9 Å². The first kappa shape index (κ1) is 18.5. The number of aromatic nitrogens is 1. The van der Waals surface area contributed by atoms with Crippen LogP contribution < -0.4 is 10.9 Å². The van der Waals surface area contributed by atoms with Gasteiger partial charge in [0, 0.05) is 45.5 Å². The van der Waals surface area contributed by atoms with Gasteiger partial charge in [-0.1, -0.05) is 19.3 Å². The Hall–Kier alpha value is -2.31. The van der Waals surface area contributed by atoms with Gasteiger partial charge in [0.15, 0.2) is 0 Å². The highest BCUT2D eigenvalue weighted by Gasteiger charge is 2.25. The summed E-state index contributed by atoms with van der Waals surface area (Å²) >= 11 is 0. The molecule has 1 aromatic rings. The molecule has 3 amide bonds. The normalized spacial score (nSPS) is 19.1. The highest BCUT2D eigenvalue weighted by molar-refractivity contribution is 5.93. The van der Waals surface area contributed by atoms with E-state index in [1.165, 1.54) is 23.8 Å². The van der Waals surface area contributed by atoms with Gasteiger partial charge in [-0.25, -0.2) is 4.79 Å². The molecule has 0 atom stereocenters. The number of pyridine rings is 1. The van der Waals surface area contributed by atoms with Crippen molar-refractivity contribution in [2.75, 3.05) is 26.2 Å². The van der Waals surface area contributed by atoms with E-state index in [4.69, 9.17) is 0 Å². The molecule has 0 unspecified atom stereocenters. The summed E-state index contributed by atoms with van der Waals surface area (Å²) in [5, 5.41) is 3.14. The fourth-order valence-corrected chi connectivity index (χ4v) is 3.77. The average molecular weight is 360 g/mol. The minimum absolute atomic E-state index is 0.0261. The van der Waals surface area contributed by atoms with Gasteiger partial charge in [-0.15, -0.1) is 0 Å². The highest BCUT2D eigenvalue weighted by atomic mass is 16.2. The van der Waals surface area contributed by atoms with Gasteiger partial charge in [-0.05, 0) is 31.4 Å². The lowest BCUT2D eigenvalue weighted by Gasteiger charge is -2.27. The molecular weight excluding hydrogens is 332 g/mol. The van der Waals surface area contributed by atoms with E-state index in [1.54, 1.807) is 35.2 Å². The summed E-state index contributed by atoms with van der Waals surface area (Å²) in [5.74, 6) is -0.249. The summed E-state index contributed by atoms with van der Waals surface area (Å²) in [6, 6.07) is 3.53. The SMILES string of the molecule is Cn1cccc(C(=O)N2CCCN(C(=O)NC3CCCCC3)CC2)c1=O. The predicted octanol–water partition coefficient (Wildman–Crippen LogP) is 1.58. The molecule has 2 fully saturated rings. The molecule has 2 heterocycles. The molecule has 1 aromatic heterocycles.